The Hall–Kier alpha value is -1.93. The average molecular weight is 408 g/mol. The van der Waals surface area contributed by atoms with Gasteiger partial charge in [-0.15, -0.1) is 0 Å². The maximum atomic E-state index is 13.1. The van der Waals surface area contributed by atoms with Gasteiger partial charge < -0.3 is 10.2 Å². The van der Waals surface area contributed by atoms with Gasteiger partial charge in [0.15, 0.2) is 0 Å². The number of anilines is 1. The Morgan fingerprint density at radius 1 is 1.25 bits per heavy atom. The molecule has 8 heteroatoms. The van der Waals surface area contributed by atoms with Gasteiger partial charge in [0.25, 0.3) is 0 Å². The van der Waals surface area contributed by atoms with Gasteiger partial charge in [0.2, 0.25) is 21.8 Å². The minimum absolute atomic E-state index is 0.00686. The predicted octanol–water partition coefficient (Wildman–Crippen LogP) is 2.05. The SMILES string of the molecule is CC(C)NC(=O)CN1C(=O)CCc2cc(S(=O)(=O)N3CCCCC3C)ccc21. The lowest BCUT2D eigenvalue weighted by Crippen LogP contribution is -2.45. The highest BCUT2D eigenvalue weighted by atomic mass is 32.2. The van der Waals surface area contributed by atoms with Crippen LogP contribution in [0.25, 0.3) is 0 Å². The zero-order valence-electron chi connectivity index (χ0n) is 16.8. The molecule has 1 atom stereocenters. The van der Waals surface area contributed by atoms with Crippen LogP contribution < -0.4 is 10.2 Å². The quantitative estimate of drug-likeness (QED) is 0.809. The van der Waals surface area contributed by atoms with Crippen molar-refractivity contribution in [3.05, 3.63) is 23.8 Å². The molecule has 0 radical (unpaired) electrons. The Morgan fingerprint density at radius 3 is 2.68 bits per heavy atom. The number of aryl methyl sites for hydroxylation is 1. The number of benzene rings is 1. The van der Waals surface area contributed by atoms with Gasteiger partial charge in [-0.2, -0.15) is 4.31 Å². The second kappa shape index (κ2) is 8.21. The van der Waals surface area contributed by atoms with Gasteiger partial charge >= 0.3 is 0 Å². The van der Waals surface area contributed by atoms with Crippen molar-refractivity contribution in [1.82, 2.24) is 9.62 Å². The first-order valence-corrected chi connectivity index (χ1v) is 11.4. The molecule has 154 valence electrons. The number of hydrogen-bond donors (Lipinski definition) is 1. The molecule has 1 aromatic rings. The van der Waals surface area contributed by atoms with E-state index in [0.717, 1.165) is 24.8 Å². The van der Waals surface area contributed by atoms with Crippen LogP contribution in [0.3, 0.4) is 0 Å². The summed E-state index contributed by atoms with van der Waals surface area (Å²) in [5.41, 5.74) is 1.42. The molecule has 2 heterocycles. The second-order valence-electron chi connectivity index (χ2n) is 7.95. The van der Waals surface area contributed by atoms with Crippen LogP contribution in [-0.4, -0.2) is 49.7 Å². The van der Waals surface area contributed by atoms with Crippen LogP contribution in [0.1, 0.15) is 52.0 Å². The number of sulfonamides is 1. The number of amides is 2. The monoisotopic (exact) mass is 407 g/mol. The van der Waals surface area contributed by atoms with E-state index in [2.05, 4.69) is 5.32 Å². The lowest BCUT2D eigenvalue weighted by molar-refractivity contribution is -0.124. The third kappa shape index (κ3) is 4.22. The summed E-state index contributed by atoms with van der Waals surface area (Å²) >= 11 is 0. The van der Waals surface area contributed by atoms with Crippen molar-refractivity contribution in [2.24, 2.45) is 0 Å². The van der Waals surface area contributed by atoms with Gasteiger partial charge in [0.05, 0.1) is 4.90 Å². The minimum Gasteiger partial charge on any atom is -0.352 e. The average Bonchev–Trinajstić information content (AvgIpc) is 2.63. The Morgan fingerprint density at radius 2 is 2.00 bits per heavy atom. The number of carbonyl (C=O) groups excluding carboxylic acids is 2. The van der Waals surface area contributed by atoms with Crippen LogP contribution in [0.15, 0.2) is 23.1 Å². The highest BCUT2D eigenvalue weighted by molar-refractivity contribution is 7.89. The summed E-state index contributed by atoms with van der Waals surface area (Å²) in [7, 11) is -3.56. The van der Waals surface area contributed by atoms with Gasteiger partial charge in [-0.3, -0.25) is 9.59 Å². The lowest BCUT2D eigenvalue weighted by atomic mass is 10.0. The van der Waals surface area contributed by atoms with E-state index >= 15 is 0 Å². The van der Waals surface area contributed by atoms with E-state index in [-0.39, 0.29) is 41.8 Å². The molecule has 1 aromatic carbocycles. The molecule has 0 bridgehead atoms. The molecule has 0 spiro atoms. The van der Waals surface area contributed by atoms with Crippen molar-refractivity contribution in [2.75, 3.05) is 18.0 Å². The van der Waals surface area contributed by atoms with Crippen molar-refractivity contribution in [3.63, 3.8) is 0 Å². The maximum Gasteiger partial charge on any atom is 0.243 e. The number of piperidine rings is 1. The van der Waals surface area contributed by atoms with Crippen LogP contribution in [0.4, 0.5) is 5.69 Å². The number of nitrogens with one attached hydrogen (secondary N) is 1. The number of carbonyl (C=O) groups is 2. The standard InChI is InChI=1S/C20H29N3O4S/c1-14(2)21-19(24)13-22-18-9-8-17(12-16(18)7-10-20(22)25)28(26,27)23-11-5-4-6-15(23)3/h8-9,12,14-15H,4-7,10-11,13H2,1-3H3,(H,21,24). The van der Waals surface area contributed by atoms with Crippen LogP contribution in [-0.2, 0) is 26.0 Å². The molecule has 0 saturated carbocycles. The summed E-state index contributed by atoms with van der Waals surface area (Å²) in [5.74, 6) is -0.346. The van der Waals surface area contributed by atoms with Crippen molar-refractivity contribution >= 4 is 27.5 Å². The Kier molecular flexibility index (Phi) is 6.09. The summed E-state index contributed by atoms with van der Waals surface area (Å²) < 4.78 is 27.8. The maximum absolute atomic E-state index is 13.1. The van der Waals surface area contributed by atoms with E-state index in [9.17, 15) is 18.0 Å². The molecule has 3 rings (SSSR count). The first-order chi connectivity index (χ1) is 13.2. The molecular weight excluding hydrogens is 378 g/mol. The van der Waals surface area contributed by atoms with Crippen LogP contribution in [0, 0.1) is 0 Å². The van der Waals surface area contributed by atoms with Crippen LogP contribution in [0.2, 0.25) is 0 Å². The summed E-state index contributed by atoms with van der Waals surface area (Å²) in [6, 6.07) is 4.88. The molecule has 28 heavy (non-hydrogen) atoms. The zero-order valence-corrected chi connectivity index (χ0v) is 17.6. The molecule has 1 saturated heterocycles. The summed E-state index contributed by atoms with van der Waals surface area (Å²) in [6.45, 7) is 6.16. The van der Waals surface area contributed by atoms with E-state index in [0.29, 0.717) is 18.7 Å². The topological polar surface area (TPSA) is 86.8 Å². The zero-order chi connectivity index (χ0) is 20.5. The summed E-state index contributed by atoms with van der Waals surface area (Å²) in [5, 5.41) is 2.79. The number of nitrogens with zero attached hydrogens (tertiary/aromatic N) is 2. The first kappa shape index (κ1) is 20.8. The molecule has 1 fully saturated rings. The third-order valence-electron chi connectivity index (χ3n) is 5.35. The molecule has 7 nitrogen and oxygen atoms in total. The number of hydrogen-bond acceptors (Lipinski definition) is 4. The molecule has 0 aliphatic carbocycles. The smallest absolute Gasteiger partial charge is 0.243 e. The van der Waals surface area contributed by atoms with Crippen LogP contribution in [0.5, 0.6) is 0 Å². The van der Waals surface area contributed by atoms with E-state index in [1.54, 1.807) is 22.5 Å². The molecule has 0 aromatic heterocycles. The Labute approximate surface area is 167 Å². The molecule has 2 aliphatic rings. The molecule has 2 aliphatic heterocycles. The molecule has 2 amide bonds. The molecule has 1 unspecified atom stereocenters. The Balaban J connectivity index is 1.88. The normalized spacial score (nSPS) is 20.9. The largest absolute Gasteiger partial charge is 0.352 e. The van der Waals surface area contributed by atoms with Crippen LogP contribution >= 0.6 is 0 Å². The van der Waals surface area contributed by atoms with Crippen molar-refractivity contribution < 1.29 is 18.0 Å². The second-order valence-corrected chi connectivity index (χ2v) is 9.84. The molecular formula is C20H29N3O4S. The van der Waals surface area contributed by atoms with Gasteiger partial charge in [-0.1, -0.05) is 6.42 Å². The predicted molar refractivity (Wildman–Crippen MR) is 108 cm³/mol. The van der Waals surface area contributed by atoms with E-state index < -0.39 is 10.0 Å². The fraction of sp³-hybridized carbons (Fsp3) is 0.600. The third-order valence-corrected chi connectivity index (χ3v) is 7.36. The van der Waals surface area contributed by atoms with Crippen molar-refractivity contribution in [3.8, 4) is 0 Å². The number of rotatable bonds is 5. The van der Waals surface area contributed by atoms with Gasteiger partial charge in [0.1, 0.15) is 6.54 Å². The van der Waals surface area contributed by atoms with Crippen molar-refractivity contribution in [1.29, 1.82) is 0 Å². The van der Waals surface area contributed by atoms with E-state index in [4.69, 9.17) is 0 Å². The van der Waals surface area contributed by atoms with Gasteiger partial charge in [-0.05, 0) is 63.8 Å². The highest BCUT2D eigenvalue weighted by Gasteiger charge is 2.33. The van der Waals surface area contributed by atoms with E-state index in [1.165, 1.54) is 4.90 Å². The lowest BCUT2D eigenvalue weighted by Gasteiger charge is -2.33. The first-order valence-electron chi connectivity index (χ1n) is 9.94. The van der Waals surface area contributed by atoms with Crippen molar-refractivity contribution in [2.45, 2.75) is 69.9 Å². The summed E-state index contributed by atoms with van der Waals surface area (Å²) in [6.07, 6.45) is 3.55. The molecule has 1 N–H and O–H groups in total. The highest BCUT2D eigenvalue weighted by Crippen LogP contribution is 2.32. The number of fused-ring (bicyclic) bond motifs is 1. The van der Waals surface area contributed by atoms with E-state index in [1.807, 2.05) is 20.8 Å². The van der Waals surface area contributed by atoms with Gasteiger partial charge in [0, 0.05) is 30.7 Å². The fourth-order valence-corrected chi connectivity index (χ4v) is 5.70. The summed E-state index contributed by atoms with van der Waals surface area (Å²) in [4.78, 5) is 26.2. The minimum atomic E-state index is -3.56. The van der Waals surface area contributed by atoms with Gasteiger partial charge in [-0.25, -0.2) is 8.42 Å². The fourth-order valence-electron chi connectivity index (χ4n) is 3.95. The Bertz CT molecular complexity index is 866.